The van der Waals surface area contributed by atoms with Crippen LogP contribution in [-0.2, 0) is 15.0 Å². The van der Waals surface area contributed by atoms with E-state index in [2.05, 4.69) is 13.2 Å². The molecule has 0 saturated heterocycles. The van der Waals surface area contributed by atoms with Crippen LogP contribution in [-0.4, -0.2) is 11.9 Å². The fraction of sp³-hybridized carbons (Fsp3) is 0.250. The van der Waals surface area contributed by atoms with Gasteiger partial charge < -0.3 is 9.47 Å². The standard InChI is InChI=1S/C24H24O4/c1-3-22(25)27-20-12-8-18(9-13-20)24(16-6-5-7-17-24)19-10-14-21(15-11-19)28-23(26)4-2/h3-4,8-15H,1-2,5-7,16-17H2. The topological polar surface area (TPSA) is 52.6 Å². The van der Waals surface area contributed by atoms with Crippen LogP contribution in [0.3, 0.4) is 0 Å². The fourth-order valence-corrected chi connectivity index (χ4v) is 3.90. The zero-order valence-corrected chi connectivity index (χ0v) is 15.9. The largest absolute Gasteiger partial charge is 0.423 e. The molecule has 28 heavy (non-hydrogen) atoms. The third-order valence-corrected chi connectivity index (χ3v) is 5.29. The predicted octanol–water partition coefficient (Wildman–Crippen LogP) is 5.12. The van der Waals surface area contributed by atoms with Crippen molar-refractivity contribution < 1.29 is 19.1 Å². The van der Waals surface area contributed by atoms with Crippen LogP contribution >= 0.6 is 0 Å². The zero-order chi connectivity index (χ0) is 20.0. The van der Waals surface area contributed by atoms with Gasteiger partial charge in [0.25, 0.3) is 0 Å². The number of hydrogen-bond donors (Lipinski definition) is 0. The van der Waals surface area contributed by atoms with Crippen molar-refractivity contribution in [3.8, 4) is 11.5 Å². The fourth-order valence-electron chi connectivity index (χ4n) is 3.90. The number of carbonyl (C=O) groups excluding carboxylic acids is 2. The van der Waals surface area contributed by atoms with Gasteiger partial charge in [0.15, 0.2) is 0 Å². The lowest BCUT2D eigenvalue weighted by Crippen LogP contribution is -2.30. The highest BCUT2D eigenvalue weighted by atomic mass is 16.5. The van der Waals surface area contributed by atoms with Crippen LogP contribution < -0.4 is 9.47 Å². The van der Waals surface area contributed by atoms with E-state index in [0.29, 0.717) is 11.5 Å². The Labute approximate surface area is 165 Å². The monoisotopic (exact) mass is 376 g/mol. The summed E-state index contributed by atoms with van der Waals surface area (Å²) in [5.41, 5.74) is 2.29. The Morgan fingerprint density at radius 1 is 0.714 bits per heavy atom. The van der Waals surface area contributed by atoms with Crippen LogP contribution in [0.25, 0.3) is 0 Å². The second-order valence-electron chi connectivity index (χ2n) is 6.94. The van der Waals surface area contributed by atoms with Gasteiger partial charge in [-0.3, -0.25) is 0 Å². The highest BCUT2D eigenvalue weighted by Crippen LogP contribution is 2.45. The quantitative estimate of drug-likeness (QED) is 0.399. The van der Waals surface area contributed by atoms with Crippen molar-refractivity contribution in [2.24, 2.45) is 0 Å². The molecule has 0 unspecified atom stereocenters. The molecule has 0 N–H and O–H groups in total. The first-order valence-electron chi connectivity index (χ1n) is 9.47. The molecule has 2 aromatic carbocycles. The average Bonchev–Trinajstić information content (AvgIpc) is 2.75. The molecule has 0 amide bonds. The summed E-state index contributed by atoms with van der Waals surface area (Å²) in [6, 6.07) is 15.4. The highest BCUT2D eigenvalue weighted by Gasteiger charge is 2.35. The summed E-state index contributed by atoms with van der Waals surface area (Å²) < 4.78 is 10.4. The van der Waals surface area contributed by atoms with Gasteiger partial charge in [-0.2, -0.15) is 0 Å². The number of rotatable bonds is 6. The van der Waals surface area contributed by atoms with Gasteiger partial charge in [-0.25, -0.2) is 9.59 Å². The van der Waals surface area contributed by atoms with Gasteiger partial charge in [0, 0.05) is 17.6 Å². The normalized spacial score (nSPS) is 15.3. The molecule has 2 aromatic rings. The van der Waals surface area contributed by atoms with E-state index in [1.54, 1.807) is 0 Å². The van der Waals surface area contributed by atoms with Gasteiger partial charge >= 0.3 is 11.9 Å². The summed E-state index contributed by atoms with van der Waals surface area (Å²) in [5.74, 6) is 0.0761. The predicted molar refractivity (Wildman–Crippen MR) is 108 cm³/mol. The van der Waals surface area contributed by atoms with Crippen molar-refractivity contribution in [3.63, 3.8) is 0 Å². The molecule has 144 valence electrons. The van der Waals surface area contributed by atoms with E-state index in [-0.39, 0.29) is 5.41 Å². The first-order valence-corrected chi connectivity index (χ1v) is 9.47. The van der Waals surface area contributed by atoms with Gasteiger partial charge in [0.2, 0.25) is 0 Å². The van der Waals surface area contributed by atoms with Crippen LogP contribution in [0.5, 0.6) is 11.5 Å². The van der Waals surface area contributed by atoms with Crippen molar-refractivity contribution in [1.82, 2.24) is 0 Å². The minimum atomic E-state index is -0.468. The van der Waals surface area contributed by atoms with Crippen LogP contribution in [0.1, 0.15) is 43.2 Å². The zero-order valence-electron chi connectivity index (χ0n) is 15.9. The van der Waals surface area contributed by atoms with Gasteiger partial charge in [-0.15, -0.1) is 0 Å². The maximum atomic E-state index is 11.4. The van der Waals surface area contributed by atoms with E-state index >= 15 is 0 Å². The van der Waals surface area contributed by atoms with Crippen molar-refractivity contribution in [3.05, 3.63) is 85.0 Å². The molecule has 1 fully saturated rings. The summed E-state index contributed by atoms with van der Waals surface area (Å²) in [4.78, 5) is 22.8. The molecule has 3 rings (SSSR count). The number of carbonyl (C=O) groups is 2. The molecule has 1 aliphatic rings. The third kappa shape index (κ3) is 4.22. The first-order chi connectivity index (χ1) is 13.6. The summed E-state index contributed by atoms with van der Waals surface area (Å²) in [7, 11) is 0. The van der Waals surface area contributed by atoms with Crippen LogP contribution in [0.4, 0.5) is 0 Å². The minimum Gasteiger partial charge on any atom is -0.423 e. The number of ether oxygens (including phenoxy) is 2. The van der Waals surface area contributed by atoms with Crippen LogP contribution in [0.15, 0.2) is 73.8 Å². The summed E-state index contributed by atoms with van der Waals surface area (Å²) in [5, 5.41) is 0. The van der Waals surface area contributed by atoms with E-state index in [1.807, 2.05) is 48.5 Å². The number of hydrogen-bond acceptors (Lipinski definition) is 4. The number of benzene rings is 2. The van der Waals surface area contributed by atoms with E-state index in [1.165, 1.54) is 17.5 Å². The van der Waals surface area contributed by atoms with Crippen molar-refractivity contribution in [2.75, 3.05) is 0 Å². The molecule has 4 heteroatoms. The lowest BCUT2D eigenvalue weighted by Gasteiger charge is -2.38. The molecular formula is C24H24O4. The second-order valence-corrected chi connectivity index (χ2v) is 6.94. The maximum Gasteiger partial charge on any atom is 0.335 e. The highest BCUT2D eigenvalue weighted by molar-refractivity contribution is 5.83. The van der Waals surface area contributed by atoms with E-state index in [4.69, 9.17) is 9.47 Å². The maximum absolute atomic E-state index is 11.4. The lowest BCUT2D eigenvalue weighted by molar-refractivity contribution is -0.129. The molecule has 0 radical (unpaired) electrons. The third-order valence-electron chi connectivity index (χ3n) is 5.29. The molecule has 0 heterocycles. The Morgan fingerprint density at radius 3 is 1.46 bits per heavy atom. The SMILES string of the molecule is C=CC(=O)Oc1ccc(C2(c3ccc(OC(=O)C=C)cc3)CCCCC2)cc1. The Hall–Kier alpha value is -3.14. The van der Waals surface area contributed by atoms with Crippen molar-refractivity contribution >= 4 is 11.9 Å². The summed E-state index contributed by atoms with van der Waals surface area (Å²) in [6.07, 6.45) is 7.93. The molecule has 0 bridgehead atoms. The van der Waals surface area contributed by atoms with E-state index < -0.39 is 11.9 Å². The second kappa shape index (κ2) is 8.70. The van der Waals surface area contributed by atoms with E-state index in [0.717, 1.165) is 37.8 Å². The Morgan fingerprint density at radius 2 is 1.11 bits per heavy atom. The van der Waals surface area contributed by atoms with Gasteiger partial charge in [0.05, 0.1) is 0 Å². The molecule has 0 aromatic heterocycles. The van der Waals surface area contributed by atoms with Gasteiger partial charge in [-0.1, -0.05) is 56.7 Å². The molecule has 1 aliphatic carbocycles. The molecule has 0 spiro atoms. The first kappa shape index (κ1) is 19.6. The Balaban J connectivity index is 1.90. The smallest absolute Gasteiger partial charge is 0.335 e. The summed E-state index contributed by atoms with van der Waals surface area (Å²) >= 11 is 0. The number of esters is 2. The molecule has 0 atom stereocenters. The Bertz CT molecular complexity index is 789. The molecule has 4 nitrogen and oxygen atoms in total. The summed E-state index contributed by atoms with van der Waals surface area (Å²) in [6.45, 7) is 6.84. The van der Waals surface area contributed by atoms with E-state index in [9.17, 15) is 9.59 Å². The van der Waals surface area contributed by atoms with Crippen molar-refractivity contribution in [2.45, 2.75) is 37.5 Å². The lowest BCUT2D eigenvalue weighted by atomic mass is 9.65. The van der Waals surface area contributed by atoms with Crippen molar-refractivity contribution in [1.29, 1.82) is 0 Å². The molecular weight excluding hydrogens is 352 g/mol. The van der Waals surface area contributed by atoms with Crippen LogP contribution in [0, 0.1) is 0 Å². The van der Waals surface area contributed by atoms with Gasteiger partial charge in [-0.05, 0) is 48.2 Å². The van der Waals surface area contributed by atoms with Gasteiger partial charge in [0.1, 0.15) is 11.5 Å². The molecule has 1 saturated carbocycles. The van der Waals surface area contributed by atoms with Crippen LogP contribution in [0.2, 0.25) is 0 Å². The molecule has 0 aliphatic heterocycles. The minimum absolute atomic E-state index is 0.0970. The Kier molecular flexibility index (Phi) is 6.09. The average molecular weight is 376 g/mol.